The van der Waals surface area contributed by atoms with E-state index < -0.39 is 0 Å². The largest absolute Gasteiger partial charge is 0.396 e. The number of hydrogen-bond acceptors (Lipinski definition) is 1. The number of hydrogen-bond donors (Lipinski definition) is 1. The lowest BCUT2D eigenvalue weighted by Gasteiger charge is -2.56. The third-order valence-electron chi connectivity index (χ3n) is 4.08. The lowest BCUT2D eigenvalue weighted by atomic mass is 9.48. The number of aliphatic hydroxyl groups is 1. The Morgan fingerprint density at radius 1 is 1.00 bits per heavy atom. The molecule has 0 aromatic rings. The predicted molar refractivity (Wildman–Crippen MR) is 70.2 cm³/mol. The Morgan fingerprint density at radius 2 is 1.50 bits per heavy atom. The first-order valence-corrected chi connectivity index (χ1v) is 6.14. The second-order valence-corrected chi connectivity index (χ2v) is 6.90. The second kappa shape index (κ2) is 4.03. The molecule has 1 nitrogen and oxygen atoms in total. The number of aliphatic hydroxyl groups excluding tert-OH is 1. The van der Waals surface area contributed by atoms with Crippen LogP contribution in [0.25, 0.3) is 0 Å². The fraction of sp³-hybridized carbons (Fsp3) is 0.733. The van der Waals surface area contributed by atoms with Crippen LogP contribution in [0.2, 0.25) is 0 Å². The van der Waals surface area contributed by atoms with Gasteiger partial charge in [-0.25, -0.2) is 0 Å². The van der Waals surface area contributed by atoms with Gasteiger partial charge >= 0.3 is 0 Å². The van der Waals surface area contributed by atoms with E-state index >= 15 is 0 Å². The fourth-order valence-electron chi connectivity index (χ4n) is 3.62. The van der Waals surface area contributed by atoms with Crippen molar-refractivity contribution in [1.82, 2.24) is 0 Å². The zero-order chi connectivity index (χ0) is 12.6. The Bertz CT molecular complexity index is 282. The van der Waals surface area contributed by atoms with Crippen LogP contribution in [0.3, 0.4) is 0 Å². The maximum absolute atomic E-state index is 9.67. The second-order valence-electron chi connectivity index (χ2n) is 6.90. The number of allylic oxidation sites excluding steroid dienone is 3. The third-order valence-corrected chi connectivity index (χ3v) is 4.08. The molecule has 0 aliphatic heterocycles. The van der Waals surface area contributed by atoms with Gasteiger partial charge in [-0.2, -0.15) is 0 Å². The molecular formula is C15H26O. The van der Waals surface area contributed by atoms with Gasteiger partial charge < -0.3 is 5.11 Å². The van der Waals surface area contributed by atoms with Crippen molar-refractivity contribution in [2.45, 2.75) is 41.5 Å². The standard InChI is InChI=1S/C15H26O/c1-13(2,3)15(14(4,5)6)10-8-7-9-12(15)11-16/h7-10,12,16H,11H2,1-6H3. The van der Waals surface area contributed by atoms with Crippen LogP contribution in [0, 0.1) is 22.2 Å². The summed E-state index contributed by atoms with van der Waals surface area (Å²) in [4.78, 5) is 0. The maximum Gasteiger partial charge on any atom is 0.0502 e. The molecular weight excluding hydrogens is 196 g/mol. The van der Waals surface area contributed by atoms with Crippen molar-refractivity contribution in [2.24, 2.45) is 22.2 Å². The van der Waals surface area contributed by atoms with E-state index in [1.165, 1.54) is 0 Å². The molecule has 0 aromatic carbocycles. The molecule has 0 spiro atoms. The minimum absolute atomic E-state index is 0.00347. The minimum atomic E-state index is 0.00347. The predicted octanol–water partition coefficient (Wildman–Crippen LogP) is 3.80. The van der Waals surface area contributed by atoms with Crippen molar-refractivity contribution in [3.05, 3.63) is 24.3 Å². The highest BCUT2D eigenvalue weighted by molar-refractivity contribution is 5.25. The van der Waals surface area contributed by atoms with Crippen molar-refractivity contribution in [1.29, 1.82) is 0 Å². The first-order valence-electron chi connectivity index (χ1n) is 6.14. The summed E-state index contributed by atoms with van der Waals surface area (Å²) in [5.74, 6) is 0.206. The van der Waals surface area contributed by atoms with Crippen molar-refractivity contribution >= 4 is 0 Å². The fourth-order valence-corrected chi connectivity index (χ4v) is 3.62. The van der Waals surface area contributed by atoms with Gasteiger partial charge in [0, 0.05) is 11.3 Å². The molecule has 0 amide bonds. The molecule has 0 aromatic heterocycles. The molecule has 1 atom stereocenters. The smallest absolute Gasteiger partial charge is 0.0502 e. The topological polar surface area (TPSA) is 20.2 Å². The average molecular weight is 222 g/mol. The van der Waals surface area contributed by atoms with Gasteiger partial charge in [-0.15, -0.1) is 0 Å². The molecule has 1 heteroatoms. The molecule has 0 fully saturated rings. The van der Waals surface area contributed by atoms with Crippen molar-refractivity contribution in [2.75, 3.05) is 6.61 Å². The van der Waals surface area contributed by atoms with Crippen LogP contribution >= 0.6 is 0 Å². The summed E-state index contributed by atoms with van der Waals surface area (Å²) < 4.78 is 0. The Kier molecular flexibility index (Phi) is 3.40. The van der Waals surface area contributed by atoms with Crippen molar-refractivity contribution < 1.29 is 5.11 Å². The van der Waals surface area contributed by atoms with Gasteiger partial charge in [-0.3, -0.25) is 0 Å². The van der Waals surface area contributed by atoms with E-state index in [4.69, 9.17) is 0 Å². The molecule has 16 heavy (non-hydrogen) atoms. The van der Waals surface area contributed by atoms with Crippen LogP contribution in [-0.4, -0.2) is 11.7 Å². The van der Waals surface area contributed by atoms with Gasteiger partial charge in [0.15, 0.2) is 0 Å². The van der Waals surface area contributed by atoms with Crippen LogP contribution in [0.15, 0.2) is 24.3 Å². The molecule has 0 heterocycles. The molecule has 0 bridgehead atoms. The first kappa shape index (κ1) is 13.5. The molecule has 1 aliphatic carbocycles. The zero-order valence-electron chi connectivity index (χ0n) is 11.5. The molecule has 0 radical (unpaired) electrons. The van der Waals surface area contributed by atoms with Crippen LogP contribution in [0.4, 0.5) is 0 Å². The summed E-state index contributed by atoms with van der Waals surface area (Å²) in [5, 5.41) is 9.67. The highest BCUT2D eigenvalue weighted by atomic mass is 16.3. The van der Waals surface area contributed by atoms with Gasteiger partial charge in [0.2, 0.25) is 0 Å². The molecule has 1 N–H and O–H groups in total. The van der Waals surface area contributed by atoms with Gasteiger partial charge in [0.25, 0.3) is 0 Å². The van der Waals surface area contributed by atoms with Crippen LogP contribution < -0.4 is 0 Å². The van der Waals surface area contributed by atoms with Gasteiger partial charge in [-0.05, 0) is 10.8 Å². The molecule has 0 saturated carbocycles. The first-order chi connectivity index (χ1) is 7.17. The molecule has 1 unspecified atom stereocenters. The zero-order valence-corrected chi connectivity index (χ0v) is 11.5. The normalized spacial score (nSPS) is 24.8. The molecule has 92 valence electrons. The van der Waals surface area contributed by atoms with E-state index in [9.17, 15) is 5.11 Å². The third kappa shape index (κ3) is 1.86. The van der Waals surface area contributed by atoms with E-state index in [0.29, 0.717) is 0 Å². The lowest BCUT2D eigenvalue weighted by Crippen LogP contribution is -2.51. The minimum Gasteiger partial charge on any atom is -0.396 e. The Balaban J connectivity index is 3.35. The van der Waals surface area contributed by atoms with Gasteiger partial charge in [0.1, 0.15) is 0 Å². The summed E-state index contributed by atoms with van der Waals surface area (Å²) in [5.41, 5.74) is 0.253. The summed E-state index contributed by atoms with van der Waals surface area (Å²) in [6, 6.07) is 0. The lowest BCUT2D eigenvalue weighted by molar-refractivity contribution is -0.0413. The molecule has 1 rings (SSSR count). The van der Waals surface area contributed by atoms with Crippen LogP contribution in [0.5, 0.6) is 0 Å². The highest BCUT2D eigenvalue weighted by Crippen LogP contribution is 2.58. The summed E-state index contributed by atoms with van der Waals surface area (Å²) in [7, 11) is 0. The molecule has 1 aliphatic rings. The SMILES string of the molecule is CC(C)(C)C1(C(C)(C)C)C=CC=CC1CO. The van der Waals surface area contributed by atoms with E-state index in [2.05, 4.69) is 65.8 Å². The Hall–Kier alpha value is -0.560. The summed E-state index contributed by atoms with van der Waals surface area (Å²) in [6.07, 6.45) is 8.63. The molecule has 0 saturated heterocycles. The maximum atomic E-state index is 9.67. The van der Waals surface area contributed by atoms with Gasteiger partial charge in [0.05, 0.1) is 6.61 Å². The van der Waals surface area contributed by atoms with E-state index in [1.807, 2.05) is 0 Å². The number of rotatable bonds is 1. The summed E-state index contributed by atoms with van der Waals surface area (Å²) in [6.45, 7) is 13.8. The van der Waals surface area contributed by atoms with Crippen molar-refractivity contribution in [3.63, 3.8) is 0 Å². The summed E-state index contributed by atoms with van der Waals surface area (Å²) >= 11 is 0. The highest BCUT2D eigenvalue weighted by Gasteiger charge is 2.53. The Labute approximate surface area is 100 Å². The Morgan fingerprint density at radius 3 is 1.81 bits per heavy atom. The van der Waals surface area contributed by atoms with Crippen LogP contribution in [0.1, 0.15) is 41.5 Å². The average Bonchev–Trinajstić information content (AvgIpc) is 2.14. The monoisotopic (exact) mass is 222 g/mol. The quantitative estimate of drug-likeness (QED) is 0.715. The van der Waals surface area contributed by atoms with Crippen LogP contribution in [-0.2, 0) is 0 Å². The van der Waals surface area contributed by atoms with Crippen molar-refractivity contribution in [3.8, 4) is 0 Å². The van der Waals surface area contributed by atoms with E-state index in [1.54, 1.807) is 0 Å². The van der Waals surface area contributed by atoms with E-state index in [0.717, 1.165) is 0 Å². The van der Waals surface area contributed by atoms with Gasteiger partial charge in [-0.1, -0.05) is 65.8 Å². The van der Waals surface area contributed by atoms with E-state index in [-0.39, 0.29) is 28.8 Å².